The minimum Gasteiger partial charge on any atom is -0.353 e. The lowest BCUT2D eigenvalue weighted by Crippen LogP contribution is -2.47. The molecule has 0 radical (unpaired) electrons. The van der Waals surface area contributed by atoms with Gasteiger partial charge in [0.2, 0.25) is 11.8 Å². The quantitative estimate of drug-likeness (QED) is 0.701. The maximum absolute atomic E-state index is 13.1. The van der Waals surface area contributed by atoms with Crippen LogP contribution in [0.4, 0.5) is 4.39 Å². The first-order chi connectivity index (χ1) is 13.3. The Morgan fingerprint density at radius 3 is 2.36 bits per heavy atom. The second-order valence-electron chi connectivity index (χ2n) is 7.78. The van der Waals surface area contributed by atoms with E-state index < -0.39 is 0 Å². The lowest BCUT2D eigenvalue weighted by atomic mass is 10.1. The molecule has 150 valence electrons. The number of aryl methyl sites for hydroxylation is 1. The number of amides is 2. The third-order valence-electron chi connectivity index (χ3n) is 5.21. The van der Waals surface area contributed by atoms with Crippen molar-refractivity contribution >= 4 is 11.8 Å². The van der Waals surface area contributed by atoms with Crippen LogP contribution < -0.4 is 0 Å². The van der Waals surface area contributed by atoms with Crippen LogP contribution in [0.3, 0.4) is 0 Å². The van der Waals surface area contributed by atoms with Crippen LogP contribution >= 0.6 is 0 Å². The van der Waals surface area contributed by atoms with Crippen LogP contribution in [0.1, 0.15) is 37.9 Å². The summed E-state index contributed by atoms with van der Waals surface area (Å²) in [4.78, 5) is 29.4. The zero-order chi connectivity index (χ0) is 20.3. The molecule has 0 spiro atoms. The van der Waals surface area contributed by atoms with Gasteiger partial charge in [0, 0.05) is 31.0 Å². The summed E-state index contributed by atoms with van der Waals surface area (Å²) in [7, 11) is 1.97. The number of hydrogen-bond donors (Lipinski definition) is 0. The summed E-state index contributed by atoms with van der Waals surface area (Å²) in [6, 6.07) is 10.1. The molecule has 1 aliphatic rings. The minimum atomic E-state index is -0.326. The van der Waals surface area contributed by atoms with Crippen LogP contribution in [-0.2, 0) is 29.6 Å². The van der Waals surface area contributed by atoms with Crippen molar-refractivity contribution in [3.63, 3.8) is 0 Å². The summed E-state index contributed by atoms with van der Waals surface area (Å²) >= 11 is 0. The first kappa shape index (κ1) is 20.1. The van der Waals surface area contributed by atoms with Crippen LogP contribution in [0.2, 0.25) is 0 Å². The fourth-order valence-electron chi connectivity index (χ4n) is 3.32. The molecule has 5 nitrogen and oxygen atoms in total. The zero-order valence-electron chi connectivity index (χ0n) is 16.8. The van der Waals surface area contributed by atoms with Gasteiger partial charge in [-0.1, -0.05) is 12.1 Å². The van der Waals surface area contributed by atoms with E-state index in [0.717, 1.165) is 24.1 Å². The van der Waals surface area contributed by atoms with Gasteiger partial charge in [-0.25, -0.2) is 4.39 Å². The Balaban J connectivity index is 1.67. The van der Waals surface area contributed by atoms with Gasteiger partial charge in [-0.2, -0.15) is 0 Å². The van der Waals surface area contributed by atoms with Gasteiger partial charge >= 0.3 is 0 Å². The molecule has 0 bridgehead atoms. The second-order valence-corrected chi connectivity index (χ2v) is 7.78. The Labute approximate surface area is 165 Å². The predicted octanol–water partition coefficient (Wildman–Crippen LogP) is 3.13. The molecule has 1 aliphatic carbocycles. The Morgan fingerprint density at radius 1 is 1.14 bits per heavy atom. The molecule has 1 aromatic carbocycles. The molecule has 2 aromatic rings. The van der Waals surface area contributed by atoms with Crippen molar-refractivity contribution in [2.24, 2.45) is 7.05 Å². The van der Waals surface area contributed by atoms with E-state index in [4.69, 9.17) is 0 Å². The van der Waals surface area contributed by atoms with Gasteiger partial charge < -0.3 is 14.4 Å². The van der Waals surface area contributed by atoms with Gasteiger partial charge in [0.15, 0.2) is 0 Å². The molecule has 0 atom stereocenters. The Kier molecular flexibility index (Phi) is 6.17. The van der Waals surface area contributed by atoms with Gasteiger partial charge in [-0.3, -0.25) is 9.59 Å². The Hall–Kier alpha value is -2.63. The van der Waals surface area contributed by atoms with Gasteiger partial charge in [-0.05, 0) is 56.5 Å². The van der Waals surface area contributed by atoms with Crippen LogP contribution in [0.5, 0.6) is 0 Å². The second kappa shape index (κ2) is 8.59. The molecule has 0 unspecified atom stereocenters. The molecule has 1 heterocycles. The maximum atomic E-state index is 13.1. The number of halogens is 1. The van der Waals surface area contributed by atoms with E-state index in [1.165, 1.54) is 12.1 Å². The average Bonchev–Trinajstić information content (AvgIpc) is 3.41. The highest BCUT2D eigenvalue weighted by Crippen LogP contribution is 2.28. The summed E-state index contributed by atoms with van der Waals surface area (Å²) in [5.41, 5.74) is 1.82. The van der Waals surface area contributed by atoms with Crippen LogP contribution in [0, 0.1) is 5.82 Å². The van der Waals surface area contributed by atoms with Gasteiger partial charge in [0.05, 0.1) is 13.0 Å². The number of aromatic nitrogens is 1. The Bertz CT molecular complexity index is 825. The molecule has 28 heavy (non-hydrogen) atoms. The fourth-order valence-corrected chi connectivity index (χ4v) is 3.32. The zero-order valence-corrected chi connectivity index (χ0v) is 16.8. The van der Waals surface area contributed by atoms with Crippen molar-refractivity contribution in [2.75, 3.05) is 6.54 Å². The van der Waals surface area contributed by atoms with Gasteiger partial charge in [0.1, 0.15) is 12.4 Å². The van der Waals surface area contributed by atoms with E-state index in [2.05, 4.69) is 0 Å². The summed E-state index contributed by atoms with van der Waals surface area (Å²) in [5.74, 6) is -0.470. The highest BCUT2D eigenvalue weighted by atomic mass is 19.1. The standard InChI is InChI=1S/C22H28FN3O2/c1-16(2)25(21(27)13-17-6-8-18(23)9-7-17)15-22(28)26(19-10-11-19)14-20-5-4-12-24(20)3/h4-9,12,16,19H,10-11,13-15H2,1-3H3. The van der Waals surface area contributed by atoms with E-state index in [0.29, 0.717) is 6.54 Å². The number of carbonyl (C=O) groups is 2. The topological polar surface area (TPSA) is 45.6 Å². The smallest absolute Gasteiger partial charge is 0.242 e. The van der Waals surface area contributed by atoms with E-state index in [1.807, 2.05) is 48.7 Å². The number of hydrogen-bond acceptors (Lipinski definition) is 2. The average molecular weight is 385 g/mol. The summed E-state index contributed by atoms with van der Waals surface area (Å²) < 4.78 is 15.1. The molecular weight excluding hydrogens is 357 g/mol. The van der Waals surface area contributed by atoms with Crippen molar-refractivity contribution in [1.29, 1.82) is 0 Å². The molecule has 0 aliphatic heterocycles. The molecule has 0 N–H and O–H groups in total. The molecular formula is C22H28FN3O2. The fraction of sp³-hybridized carbons (Fsp3) is 0.455. The summed E-state index contributed by atoms with van der Waals surface area (Å²) in [5, 5.41) is 0. The number of benzene rings is 1. The summed E-state index contributed by atoms with van der Waals surface area (Å²) in [6.07, 6.45) is 4.16. The van der Waals surface area contributed by atoms with E-state index >= 15 is 0 Å². The van der Waals surface area contributed by atoms with Crippen molar-refractivity contribution in [1.82, 2.24) is 14.4 Å². The van der Waals surface area contributed by atoms with Crippen LogP contribution in [-0.4, -0.2) is 44.8 Å². The SMILES string of the molecule is CC(C)N(CC(=O)N(Cc1cccn1C)C1CC1)C(=O)Cc1ccc(F)cc1. The molecule has 3 rings (SSSR count). The lowest BCUT2D eigenvalue weighted by Gasteiger charge is -2.30. The monoisotopic (exact) mass is 385 g/mol. The molecule has 6 heteroatoms. The van der Waals surface area contributed by atoms with E-state index in [1.54, 1.807) is 17.0 Å². The highest BCUT2D eigenvalue weighted by Gasteiger charge is 2.34. The highest BCUT2D eigenvalue weighted by molar-refractivity contribution is 5.86. The molecule has 1 saturated carbocycles. The Morgan fingerprint density at radius 2 is 1.82 bits per heavy atom. The van der Waals surface area contributed by atoms with Crippen molar-refractivity contribution in [3.8, 4) is 0 Å². The molecule has 1 aromatic heterocycles. The van der Waals surface area contributed by atoms with Crippen LogP contribution in [0.15, 0.2) is 42.6 Å². The van der Waals surface area contributed by atoms with Crippen LogP contribution in [0.25, 0.3) is 0 Å². The molecule has 1 fully saturated rings. The normalized spacial score (nSPS) is 13.6. The first-order valence-corrected chi connectivity index (χ1v) is 9.78. The molecule has 0 saturated heterocycles. The number of nitrogens with zero attached hydrogens (tertiary/aromatic N) is 3. The number of carbonyl (C=O) groups excluding carboxylic acids is 2. The van der Waals surface area contributed by atoms with Crippen molar-refractivity contribution in [3.05, 3.63) is 59.7 Å². The van der Waals surface area contributed by atoms with E-state index in [-0.39, 0.29) is 42.7 Å². The number of rotatable bonds is 8. The minimum absolute atomic E-state index is 0.0233. The molecule has 2 amide bonds. The first-order valence-electron chi connectivity index (χ1n) is 9.78. The third-order valence-corrected chi connectivity index (χ3v) is 5.21. The lowest BCUT2D eigenvalue weighted by molar-refractivity contribution is -0.142. The predicted molar refractivity (Wildman–Crippen MR) is 106 cm³/mol. The maximum Gasteiger partial charge on any atom is 0.242 e. The largest absolute Gasteiger partial charge is 0.353 e. The van der Waals surface area contributed by atoms with Crippen molar-refractivity contribution in [2.45, 2.75) is 51.7 Å². The third kappa shape index (κ3) is 5.00. The van der Waals surface area contributed by atoms with Crippen molar-refractivity contribution < 1.29 is 14.0 Å². The van der Waals surface area contributed by atoms with Gasteiger partial charge in [0.25, 0.3) is 0 Å². The summed E-state index contributed by atoms with van der Waals surface area (Å²) in [6.45, 7) is 4.45. The van der Waals surface area contributed by atoms with Gasteiger partial charge in [-0.15, -0.1) is 0 Å². The van der Waals surface area contributed by atoms with E-state index in [9.17, 15) is 14.0 Å².